The number of ether oxygens (including phenoxy) is 1. The van der Waals surface area contributed by atoms with E-state index in [2.05, 4.69) is 21.2 Å². The highest BCUT2D eigenvalue weighted by atomic mass is 79.9. The quantitative estimate of drug-likeness (QED) is 0.812. The van der Waals surface area contributed by atoms with E-state index < -0.39 is 11.7 Å². The number of nitrogens with one attached hydrogen (secondary N) is 1. The lowest BCUT2D eigenvalue weighted by atomic mass is 10.2. The van der Waals surface area contributed by atoms with Crippen LogP contribution in [0.1, 0.15) is 31.3 Å². The molecule has 1 fully saturated rings. The fourth-order valence-electron chi connectivity index (χ4n) is 2.32. The molecule has 0 unspecified atom stereocenters. The van der Waals surface area contributed by atoms with Gasteiger partial charge in [0.15, 0.2) is 10.4 Å². The molecule has 9 heteroatoms. The van der Waals surface area contributed by atoms with Crippen LogP contribution in [0.5, 0.6) is 0 Å². The van der Waals surface area contributed by atoms with Crippen molar-refractivity contribution < 1.29 is 23.5 Å². The van der Waals surface area contributed by atoms with Gasteiger partial charge in [-0.05, 0) is 48.8 Å². The molecule has 1 aliphatic heterocycles. The van der Waals surface area contributed by atoms with Crippen molar-refractivity contribution in [3.05, 3.63) is 22.6 Å². The molecule has 2 rings (SSSR count). The Morgan fingerprint density at radius 3 is 2.28 bits per heavy atom. The molecule has 0 atom stereocenters. The van der Waals surface area contributed by atoms with Gasteiger partial charge >= 0.3 is 6.09 Å². The summed E-state index contributed by atoms with van der Waals surface area (Å²) in [4.78, 5) is 39.2. The highest BCUT2D eigenvalue weighted by Crippen LogP contribution is 2.16. The topological polar surface area (TPSA) is 92.1 Å². The van der Waals surface area contributed by atoms with Crippen LogP contribution in [0, 0.1) is 0 Å². The molecule has 1 aromatic heterocycles. The summed E-state index contributed by atoms with van der Waals surface area (Å²) in [5.41, 5.74) is -0.611. The molecule has 138 valence electrons. The number of hydrogen-bond donors (Lipinski definition) is 1. The number of piperazine rings is 1. The van der Waals surface area contributed by atoms with E-state index in [4.69, 9.17) is 9.15 Å². The van der Waals surface area contributed by atoms with Crippen LogP contribution in [-0.2, 0) is 9.53 Å². The second kappa shape index (κ2) is 7.90. The summed E-state index contributed by atoms with van der Waals surface area (Å²) in [7, 11) is 0. The summed E-state index contributed by atoms with van der Waals surface area (Å²) in [6, 6.07) is 3.27. The number of hydrogen-bond acceptors (Lipinski definition) is 5. The van der Waals surface area contributed by atoms with E-state index in [-0.39, 0.29) is 24.1 Å². The van der Waals surface area contributed by atoms with Gasteiger partial charge in [0.2, 0.25) is 5.91 Å². The van der Waals surface area contributed by atoms with Crippen LogP contribution in [-0.4, -0.2) is 66.0 Å². The minimum absolute atomic E-state index is 0.131. The molecular weight excluding hydrogens is 394 g/mol. The van der Waals surface area contributed by atoms with Crippen molar-refractivity contribution in [2.75, 3.05) is 32.7 Å². The Morgan fingerprint density at radius 1 is 1.16 bits per heavy atom. The molecule has 1 saturated heterocycles. The summed E-state index contributed by atoms with van der Waals surface area (Å²) >= 11 is 3.17. The van der Waals surface area contributed by atoms with Crippen molar-refractivity contribution in [1.29, 1.82) is 0 Å². The Kier molecular flexibility index (Phi) is 6.10. The van der Waals surface area contributed by atoms with E-state index in [1.807, 2.05) is 0 Å². The molecule has 0 aliphatic carbocycles. The third kappa shape index (κ3) is 5.77. The molecule has 8 nitrogen and oxygen atoms in total. The van der Waals surface area contributed by atoms with Gasteiger partial charge in [-0.1, -0.05) is 0 Å². The molecule has 0 aromatic carbocycles. The van der Waals surface area contributed by atoms with Gasteiger partial charge in [-0.3, -0.25) is 9.59 Å². The molecular formula is C16H22BrN3O5. The molecule has 1 N–H and O–H groups in total. The van der Waals surface area contributed by atoms with Gasteiger partial charge in [0.1, 0.15) is 12.1 Å². The lowest BCUT2D eigenvalue weighted by Gasteiger charge is -2.34. The number of rotatable bonds is 3. The second-order valence-corrected chi connectivity index (χ2v) is 7.41. The van der Waals surface area contributed by atoms with E-state index >= 15 is 0 Å². The summed E-state index contributed by atoms with van der Waals surface area (Å²) in [6.45, 7) is 6.76. The zero-order chi connectivity index (χ0) is 18.6. The number of furan rings is 1. The van der Waals surface area contributed by atoms with Crippen LogP contribution in [0.2, 0.25) is 0 Å². The first kappa shape index (κ1) is 19.3. The third-order valence-electron chi connectivity index (χ3n) is 3.49. The fourth-order valence-corrected chi connectivity index (χ4v) is 2.62. The van der Waals surface area contributed by atoms with Gasteiger partial charge < -0.3 is 24.3 Å². The van der Waals surface area contributed by atoms with Crippen molar-refractivity contribution >= 4 is 33.8 Å². The van der Waals surface area contributed by atoms with Crippen LogP contribution in [0.3, 0.4) is 0 Å². The van der Waals surface area contributed by atoms with Gasteiger partial charge in [0, 0.05) is 26.2 Å². The molecule has 0 radical (unpaired) electrons. The number of alkyl carbamates (subject to hydrolysis) is 1. The third-order valence-corrected chi connectivity index (χ3v) is 3.91. The average molecular weight is 416 g/mol. The van der Waals surface area contributed by atoms with Crippen molar-refractivity contribution in [1.82, 2.24) is 15.1 Å². The van der Waals surface area contributed by atoms with E-state index in [0.29, 0.717) is 30.8 Å². The normalized spacial score (nSPS) is 15.0. The van der Waals surface area contributed by atoms with E-state index in [1.54, 1.807) is 42.7 Å². The predicted octanol–water partition coefficient (Wildman–Crippen LogP) is 1.85. The lowest BCUT2D eigenvalue weighted by Crippen LogP contribution is -2.52. The molecule has 2 heterocycles. The van der Waals surface area contributed by atoms with Gasteiger partial charge in [-0.25, -0.2) is 4.79 Å². The number of amides is 3. The maximum Gasteiger partial charge on any atom is 0.408 e. The van der Waals surface area contributed by atoms with E-state index in [9.17, 15) is 14.4 Å². The summed E-state index contributed by atoms with van der Waals surface area (Å²) in [5, 5.41) is 2.45. The largest absolute Gasteiger partial charge is 0.444 e. The first-order valence-corrected chi connectivity index (χ1v) is 8.74. The van der Waals surface area contributed by atoms with E-state index in [1.165, 1.54) is 0 Å². The predicted molar refractivity (Wildman–Crippen MR) is 93.1 cm³/mol. The summed E-state index contributed by atoms with van der Waals surface area (Å²) in [5.74, 6) is -0.151. The maximum absolute atomic E-state index is 12.3. The second-order valence-electron chi connectivity index (χ2n) is 6.63. The molecule has 1 aliphatic rings. The van der Waals surface area contributed by atoms with E-state index in [0.717, 1.165) is 0 Å². The number of halogens is 1. The Morgan fingerprint density at radius 2 is 1.76 bits per heavy atom. The maximum atomic E-state index is 12.3. The van der Waals surface area contributed by atoms with Crippen LogP contribution < -0.4 is 5.32 Å². The van der Waals surface area contributed by atoms with Crippen molar-refractivity contribution in [2.45, 2.75) is 26.4 Å². The van der Waals surface area contributed by atoms with Gasteiger partial charge in [0.05, 0.1) is 0 Å². The number of carbonyl (C=O) groups is 3. The highest BCUT2D eigenvalue weighted by Gasteiger charge is 2.26. The van der Waals surface area contributed by atoms with Crippen LogP contribution in [0.15, 0.2) is 21.2 Å². The minimum atomic E-state index is -0.627. The smallest absolute Gasteiger partial charge is 0.408 e. The van der Waals surface area contributed by atoms with Crippen molar-refractivity contribution in [3.8, 4) is 0 Å². The van der Waals surface area contributed by atoms with Crippen LogP contribution >= 0.6 is 15.9 Å². The molecule has 0 spiro atoms. The van der Waals surface area contributed by atoms with Crippen LogP contribution in [0.4, 0.5) is 4.79 Å². The first-order chi connectivity index (χ1) is 11.7. The SMILES string of the molecule is CC(C)(C)OC(=O)NCC(=O)N1CCN(C(=O)c2ccc(Br)o2)CC1. The molecule has 0 saturated carbocycles. The Labute approximate surface area is 154 Å². The summed E-state index contributed by atoms with van der Waals surface area (Å²) < 4.78 is 10.8. The lowest BCUT2D eigenvalue weighted by molar-refractivity contribution is -0.131. The molecule has 25 heavy (non-hydrogen) atoms. The van der Waals surface area contributed by atoms with Gasteiger partial charge in [0.25, 0.3) is 5.91 Å². The standard InChI is InChI=1S/C16H22BrN3O5/c1-16(2,3)25-15(23)18-10-13(21)19-6-8-20(9-7-19)14(22)11-4-5-12(17)24-11/h4-5H,6-10H2,1-3H3,(H,18,23). The Hall–Kier alpha value is -2.03. The molecule has 1 aromatic rings. The average Bonchev–Trinajstić information content (AvgIpc) is 2.97. The number of carbonyl (C=O) groups excluding carboxylic acids is 3. The monoisotopic (exact) mass is 415 g/mol. The van der Waals surface area contributed by atoms with Gasteiger partial charge in [-0.15, -0.1) is 0 Å². The summed E-state index contributed by atoms with van der Waals surface area (Å²) in [6.07, 6.45) is -0.627. The van der Waals surface area contributed by atoms with Gasteiger partial charge in [-0.2, -0.15) is 0 Å². The Balaban J connectivity index is 1.76. The van der Waals surface area contributed by atoms with Crippen molar-refractivity contribution in [3.63, 3.8) is 0 Å². The Bertz CT molecular complexity index is 644. The molecule has 3 amide bonds. The minimum Gasteiger partial charge on any atom is -0.444 e. The highest BCUT2D eigenvalue weighted by molar-refractivity contribution is 9.10. The fraction of sp³-hybridized carbons (Fsp3) is 0.562. The molecule has 0 bridgehead atoms. The first-order valence-electron chi connectivity index (χ1n) is 7.95. The zero-order valence-corrected chi connectivity index (χ0v) is 16.1. The number of nitrogens with zero attached hydrogens (tertiary/aromatic N) is 2. The van der Waals surface area contributed by atoms with Crippen molar-refractivity contribution in [2.24, 2.45) is 0 Å². The zero-order valence-electron chi connectivity index (χ0n) is 14.5. The van der Waals surface area contributed by atoms with Crippen LogP contribution in [0.25, 0.3) is 0 Å².